The molecule has 0 aliphatic heterocycles. The predicted molar refractivity (Wildman–Crippen MR) is 89.2 cm³/mol. The summed E-state index contributed by atoms with van der Waals surface area (Å²) in [5, 5.41) is 3.32. The summed E-state index contributed by atoms with van der Waals surface area (Å²) in [6.45, 7) is 0. The molecule has 0 aliphatic rings. The Morgan fingerprint density at radius 2 is 1.76 bits per heavy atom. The molecule has 0 bridgehead atoms. The summed E-state index contributed by atoms with van der Waals surface area (Å²) in [6, 6.07) is 6.26. The Balaban J connectivity index is 2.35. The average molecular weight is 410 g/mol. The molecular weight excluding hydrogens is 402 g/mol. The molecule has 0 saturated heterocycles. The molecule has 110 valence electrons. The molecule has 5 nitrogen and oxygen atoms in total. The van der Waals surface area contributed by atoms with Crippen LogP contribution < -0.4 is 16.6 Å². The molecule has 1 aromatic heterocycles. The van der Waals surface area contributed by atoms with Gasteiger partial charge in [0.25, 0.3) is 5.91 Å². The maximum atomic E-state index is 12.2. The first-order chi connectivity index (χ1) is 9.92. The fourth-order valence-electron chi connectivity index (χ4n) is 1.52. The van der Waals surface area contributed by atoms with Crippen LogP contribution in [-0.4, -0.2) is 10.9 Å². The smallest absolute Gasteiger partial charge is 0.275 e. The number of nitrogens with two attached hydrogens (primary N) is 1. The van der Waals surface area contributed by atoms with Gasteiger partial charge in [0.05, 0.1) is 20.8 Å². The van der Waals surface area contributed by atoms with Crippen LogP contribution in [0.25, 0.3) is 0 Å². The van der Waals surface area contributed by atoms with Crippen molar-refractivity contribution >= 4 is 68.1 Å². The van der Waals surface area contributed by atoms with E-state index in [2.05, 4.69) is 31.7 Å². The number of amides is 1. The van der Waals surface area contributed by atoms with Gasteiger partial charge in [-0.25, -0.2) is 10.8 Å². The lowest BCUT2D eigenvalue weighted by atomic mass is 10.3. The van der Waals surface area contributed by atoms with Gasteiger partial charge in [-0.1, -0.05) is 50.7 Å². The Kier molecular flexibility index (Phi) is 5.29. The normalized spacial score (nSPS) is 10.3. The van der Waals surface area contributed by atoms with Gasteiger partial charge in [0.2, 0.25) is 0 Å². The van der Waals surface area contributed by atoms with Crippen molar-refractivity contribution in [1.29, 1.82) is 0 Å². The molecule has 1 aromatic carbocycles. The number of pyridine rings is 1. The fourth-order valence-corrected chi connectivity index (χ4v) is 3.01. The van der Waals surface area contributed by atoms with Crippen LogP contribution in [0.2, 0.25) is 15.1 Å². The summed E-state index contributed by atoms with van der Waals surface area (Å²) >= 11 is 21.3. The van der Waals surface area contributed by atoms with Crippen LogP contribution in [-0.2, 0) is 0 Å². The van der Waals surface area contributed by atoms with Crippen molar-refractivity contribution in [2.45, 2.75) is 0 Å². The number of anilines is 2. The number of halogens is 4. The summed E-state index contributed by atoms with van der Waals surface area (Å²) < 4.78 is 0.695. The fraction of sp³-hybridized carbons (Fsp3) is 0. The topological polar surface area (TPSA) is 80.0 Å². The SMILES string of the molecule is NNc1ccc(Cl)c(C(=O)Nc2c(Cl)cc(Br)cc2Cl)n1. The Hall–Kier alpha value is -1.05. The molecule has 0 unspecified atom stereocenters. The molecule has 0 radical (unpaired) electrons. The van der Waals surface area contributed by atoms with Crippen LogP contribution in [0.1, 0.15) is 10.5 Å². The largest absolute Gasteiger partial charge is 0.318 e. The molecule has 21 heavy (non-hydrogen) atoms. The van der Waals surface area contributed by atoms with Gasteiger partial charge < -0.3 is 10.7 Å². The van der Waals surface area contributed by atoms with Crippen molar-refractivity contribution in [1.82, 2.24) is 4.98 Å². The standard InChI is InChI=1S/C12H8BrCl3N4O/c13-5-3-7(15)10(8(16)4-5)19-12(21)11-6(14)1-2-9(18-11)20-17/h1-4H,17H2,(H,18,20)(H,19,21). The van der Waals surface area contributed by atoms with E-state index in [-0.39, 0.29) is 26.4 Å². The van der Waals surface area contributed by atoms with Gasteiger partial charge in [-0.05, 0) is 24.3 Å². The highest BCUT2D eigenvalue weighted by atomic mass is 79.9. The predicted octanol–water partition coefficient (Wildman–Crippen LogP) is 4.34. The van der Waals surface area contributed by atoms with E-state index < -0.39 is 5.91 Å². The third-order valence-corrected chi connectivity index (χ3v) is 3.81. The average Bonchev–Trinajstić information content (AvgIpc) is 2.43. The van der Waals surface area contributed by atoms with Crippen LogP contribution in [0.5, 0.6) is 0 Å². The van der Waals surface area contributed by atoms with Gasteiger partial charge in [0.1, 0.15) is 11.5 Å². The van der Waals surface area contributed by atoms with Crippen LogP contribution in [0.4, 0.5) is 11.5 Å². The number of hydrogen-bond donors (Lipinski definition) is 3. The maximum Gasteiger partial charge on any atom is 0.275 e. The van der Waals surface area contributed by atoms with Gasteiger partial charge in [0, 0.05) is 4.47 Å². The minimum Gasteiger partial charge on any atom is -0.318 e. The number of carbonyl (C=O) groups excluding carboxylic acids is 1. The van der Waals surface area contributed by atoms with E-state index in [1.807, 2.05) is 0 Å². The second kappa shape index (κ2) is 6.81. The van der Waals surface area contributed by atoms with Crippen LogP contribution in [0.3, 0.4) is 0 Å². The molecule has 0 spiro atoms. The van der Waals surface area contributed by atoms with Crippen LogP contribution in [0.15, 0.2) is 28.7 Å². The number of benzene rings is 1. The van der Waals surface area contributed by atoms with Crippen molar-refractivity contribution in [3.8, 4) is 0 Å². The maximum absolute atomic E-state index is 12.2. The van der Waals surface area contributed by atoms with Crippen molar-refractivity contribution in [2.24, 2.45) is 5.84 Å². The molecule has 2 aromatic rings. The minimum absolute atomic E-state index is 0.00201. The van der Waals surface area contributed by atoms with E-state index in [0.717, 1.165) is 0 Å². The van der Waals surface area contributed by atoms with Crippen LogP contribution >= 0.6 is 50.7 Å². The second-order valence-corrected chi connectivity index (χ2v) is 6.01. The van der Waals surface area contributed by atoms with Crippen LogP contribution in [0, 0.1) is 0 Å². The van der Waals surface area contributed by atoms with Gasteiger partial charge in [-0.2, -0.15) is 0 Å². The van der Waals surface area contributed by atoms with Crippen molar-refractivity contribution in [2.75, 3.05) is 10.7 Å². The monoisotopic (exact) mass is 408 g/mol. The number of nitrogens with zero attached hydrogens (tertiary/aromatic N) is 1. The van der Waals surface area contributed by atoms with E-state index in [9.17, 15) is 4.79 Å². The molecule has 9 heteroatoms. The zero-order chi connectivity index (χ0) is 15.6. The van der Waals surface area contributed by atoms with E-state index in [0.29, 0.717) is 10.3 Å². The summed E-state index contributed by atoms with van der Waals surface area (Å²) in [7, 11) is 0. The highest BCUT2D eigenvalue weighted by molar-refractivity contribution is 9.10. The third-order valence-electron chi connectivity index (χ3n) is 2.45. The Morgan fingerprint density at radius 1 is 1.14 bits per heavy atom. The Bertz CT molecular complexity index is 688. The van der Waals surface area contributed by atoms with E-state index in [1.54, 1.807) is 18.2 Å². The summed E-state index contributed by atoms with van der Waals surface area (Å²) in [6.07, 6.45) is 0. The number of hydrogen-bond acceptors (Lipinski definition) is 4. The van der Waals surface area contributed by atoms with E-state index in [1.165, 1.54) is 6.07 Å². The third kappa shape index (κ3) is 3.78. The Labute approximate surface area is 143 Å². The molecular formula is C12H8BrCl3N4O. The molecule has 1 amide bonds. The zero-order valence-electron chi connectivity index (χ0n) is 10.3. The lowest BCUT2D eigenvalue weighted by Crippen LogP contribution is -2.17. The van der Waals surface area contributed by atoms with Gasteiger partial charge in [-0.15, -0.1) is 0 Å². The molecule has 4 N–H and O–H groups in total. The van der Waals surface area contributed by atoms with Gasteiger partial charge >= 0.3 is 0 Å². The number of rotatable bonds is 3. The summed E-state index contributed by atoms with van der Waals surface area (Å²) in [5.74, 6) is 5.00. The highest BCUT2D eigenvalue weighted by Crippen LogP contribution is 2.34. The molecule has 0 aliphatic carbocycles. The molecule has 2 rings (SSSR count). The quantitative estimate of drug-likeness (QED) is 0.519. The van der Waals surface area contributed by atoms with E-state index >= 15 is 0 Å². The number of aromatic nitrogens is 1. The number of carbonyl (C=O) groups is 1. The number of nitrogens with one attached hydrogen (secondary N) is 2. The summed E-state index contributed by atoms with van der Waals surface area (Å²) in [4.78, 5) is 16.2. The molecule has 1 heterocycles. The number of hydrazine groups is 1. The molecule has 0 saturated carbocycles. The van der Waals surface area contributed by atoms with Gasteiger partial charge in [-0.3, -0.25) is 4.79 Å². The zero-order valence-corrected chi connectivity index (χ0v) is 14.1. The van der Waals surface area contributed by atoms with Crippen molar-refractivity contribution < 1.29 is 4.79 Å². The van der Waals surface area contributed by atoms with E-state index in [4.69, 9.17) is 40.6 Å². The lowest BCUT2D eigenvalue weighted by Gasteiger charge is -2.11. The molecule has 0 fully saturated rings. The first-order valence-electron chi connectivity index (χ1n) is 5.51. The number of nitrogen functional groups attached to an aromatic ring is 1. The summed E-state index contributed by atoms with van der Waals surface area (Å²) in [5.41, 5.74) is 2.61. The minimum atomic E-state index is -0.553. The second-order valence-electron chi connectivity index (χ2n) is 3.87. The lowest BCUT2D eigenvalue weighted by molar-refractivity contribution is 0.102. The van der Waals surface area contributed by atoms with Crippen molar-refractivity contribution in [3.05, 3.63) is 49.5 Å². The van der Waals surface area contributed by atoms with Gasteiger partial charge in [0.15, 0.2) is 0 Å². The first kappa shape index (κ1) is 16.3. The first-order valence-corrected chi connectivity index (χ1v) is 7.44. The Morgan fingerprint density at radius 3 is 2.33 bits per heavy atom. The van der Waals surface area contributed by atoms with Crippen molar-refractivity contribution in [3.63, 3.8) is 0 Å². The molecule has 0 atom stereocenters. The highest BCUT2D eigenvalue weighted by Gasteiger charge is 2.17.